The molecule has 1 amide bonds. The topological polar surface area (TPSA) is 55.1 Å². The van der Waals surface area contributed by atoms with Crippen LogP contribution < -0.4 is 11.1 Å². The number of rotatable bonds is 4. The summed E-state index contributed by atoms with van der Waals surface area (Å²) in [6.07, 6.45) is 0. The van der Waals surface area contributed by atoms with Crippen molar-refractivity contribution in [3.63, 3.8) is 0 Å². The molecule has 0 spiro atoms. The Kier molecular flexibility index (Phi) is 3.39. The fourth-order valence-corrected chi connectivity index (χ4v) is 2.47. The average Bonchev–Trinajstić information content (AvgIpc) is 2.53. The molecule has 0 aliphatic heterocycles. The van der Waals surface area contributed by atoms with Gasteiger partial charge in [-0.15, -0.1) is 0 Å². The maximum atomic E-state index is 11.7. The van der Waals surface area contributed by atoms with E-state index in [2.05, 4.69) is 33.0 Å². The van der Waals surface area contributed by atoms with Crippen molar-refractivity contribution >= 4 is 5.91 Å². The second-order valence-electron chi connectivity index (χ2n) is 6.51. The van der Waals surface area contributed by atoms with Crippen LogP contribution >= 0.6 is 0 Å². The summed E-state index contributed by atoms with van der Waals surface area (Å²) >= 11 is 0. The molecule has 0 bridgehead atoms. The number of nitrogens with one attached hydrogen (secondary N) is 1. The van der Waals surface area contributed by atoms with Gasteiger partial charge in [0.1, 0.15) is 0 Å². The fourth-order valence-electron chi connectivity index (χ4n) is 2.47. The molecule has 0 heterocycles. The van der Waals surface area contributed by atoms with Gasteiger partial charge in [-0.05, 0) is 22.7 Å². The quantitative estimate of drug-likeness (QED) is 0.767. The largest absolute Gasteiger partial charge is 0.354 e. The van der Waals surface area contributed by atoms with E-state index in [0.717, 1.165) is 6.54 Å². The Morgan fingerprint density at radius 2 is 1.69 bits per heavy atom. The summed E-state index contributed by atoms with van der Waals surface area (Å²) in [6, 6.07) is -0.384. The molecular weight excluding hydrogens is 200 g/mol. The zero-order chi connectivity index (χ0) is 12.7. The highest BCUT2D eigenvalue weighted by atomic mass is 16.2. The third-order valence-electron chi connectivity index (χ3n) is 4.82. The summed E-state index contributed by atoms with van der Waals surface area (Å²) in [5.74, 6) is 0.733. The minimum Gasteiger partial charge on any atom is -0.354 e. The first-order chi connectivity index (χ1) is 7.12. The molecule has 1 aliphatic rings. The number of hydrogen-bond donors (Lipinski definition) is 2. The SMILES string of the molecule is CC(C)[C@@H](N)C(=O)NCC1C(C)(C)C1(C)C. The Labute approximate surface area is 99.2 Å². The van der Waals surface area contributed by atoms with Gasteiger partial charge < -0.3 is 11.1 Å². The molecule has 0 aromatic carbocycles. The smallest absolute Gasteiger partial charge is 0.237 e. The van der Waals surface area contributed by atoms with E-state index in [0.29, 0.717) is 16.7 Å². The molecule has 1 aliphatic carbocycles. The van der Waals surface area contributed by atoms with Gasteiger partial charge in [-0.1, -0.05) is 41.5 Å². The fraction of sp³-hybridized carbons (Fsp3) is 0.923. The third-order valence-corrected chi connectivity index (χ3v) is 4.82. The molecule has 94 valence electrons. The van der Waals surface area contributed by atoms with Crippen LogP contribution in [0.3, 0.4) is 0 Å². The molecule has 0 aromatic heterocycles. The first-order valence-corrected chi connectivity index (χ1v) is 6.15. The van der Waals surface area contributed by atoms with Crippen LogP contribution in [0, 0.1) is 22.7 Å². The highest BCUT2D eigenvalue weighted by Crippen LogP contribution is 2.67. The van der Waals surface area contributed by atoms with Gasteiger partial charge in [-0.2, -0.15) is 0 Å². The van der Waals surface area contributed by atoms with E-state index in [-0.39, 0.29) is 17.9 Å². The van der Waals surface area contributed by atoms with Crippen LogP contribution in [0.2, 0.25) is 0 Å². The summed E-state index contributed by atoms with van der Waals surface area (Å²) in [5, 5.41) is 2.97. The van der Waals surface area contributed by atoms with Crippen LogP contribution in [-0.4, -0.2) is 18.5 Å². The lowest BCUT2D eigenvalue weighted by Gasteiger charge is -2.15. The maximum Gasteiger partial charge on any atom is 0.237 e. The van der Waals surface area contributed by atoms with E-state index < -0.39 is 0 Å². The first-order valence-electron chi connectivity index (χ1n) is 6.15. The van der Waals surface area contributed by atoms with Crippen LogP contribution in [-0.2, 0) is 4.79 Å². The van der Waals surface area contributed by atoms with Crippen LogP contribution in [0.5, 0.6) is 0 Å². The maximum absolute atomic E-state index is 11.7. The molecule has 0 radical (unpaired) electrons. The van der Waals surface area contributed by atoms with Crippen molar-refractivity contribution in [3.8, 4) is 0 Å². The van der Waals surface area contributed by atoms with Gasteiger partial charge >= 0.3 is 0 Å². The zero-order valence-electron chi connectivity index (χ0n) is 11.4. The third kappa shape index (κ3) is 2.10. The summed E-state index contributed by atoms with van der Waals surface area (Å²) in [6.45, 7) is 13.7. The van der Waals surface area contributed by atoms with Gasteiger partial charge in [-0.3, -0.25) is 4.79 Å². The van der Waals surface area contributed by atoms with E-state index in [1.54, 1.807) is 0 Å². The van der Waals surface area contributed by atoms with Crippen molar-refractivity contribution in [2.75, 3.05) is 6.54 Å². The van der Waals surface area contributed by atoms with Crippen molar-refractivity contribution in [1.82, 2.24) is 5.32 Å². The lowest BCUT2D eigenvalue weighted by atomic mass is 10.0. The molecule has 1 saturated carbocycles. The minimum atomic E-state index is -0.384. The monoisotopic (exact) mass is 226 g/mol. The van der Waals surface area contributed by atoms with Crippen molar-refractivity contribution in [1.29, 1.82) is 0 Å². The van der Waals surface area contributed by atoms with Crippen molar-refractivity contribution in [3.05, 3.63) is 0 Å². The molecule has 1 fully saturated rings. The van der Waals surface area contributed by atoms with E-state index in [4.69, 9.17) is 5.73 Å². The first kappa shape index (κ1) is 13.5. The standard InChI is InChI=1S/C13H26N2O/c1-8(2)10(14)11(16)15-7-9-12(3,4)13(9,5)6/h8-10H,7,14H2,1-6H3,(H,15,16)/t10-/m1/s1. The number of amides is 1. The van der Waals surface area contributed by atoms with Crippen LogP contribution in [0.1, 0.15) is 41.5 Å². The molecular formula is C13H26N2O. The van der Waals surface area contributed by atoms with E-state index in [1.807, 2.05) is 13.8 Å². The van der Waals surface area contributed by atoms with Crippen molar-refractivity contribution < 1.29 is 4.79 Å². The number of carbonyl (C=O) groups excluding carboxylic acids is 1. The molecule has 0 aromatic rings. The lowest BCUT2D eigenvalue weighted by molar-refractivity contribution is -0.123. The Bertz CT molecular complexity index is 268. The number of nitrogens with two attached hydrogens (primary N) is 1. The van der Waals surface area contributed by atoms with E-state index in [1.165, 1.54) is 0 Å². The highest BCUT2D eigenvalue weighted by molar-refractivity contribution is 5.81. The van der Waals surface area contributed by atoms with Gasteiger partial charge in [0.05, 0.1) is 6.04 Å². The summed E-state index contributed by atoms with van der Waals surface area (Å²) < 4.78 is 0. The molecule has 16 heavy (non-hydrogen) atoms. The lowest BCUT2D eigenvalue weighted by Crippen LogP contribution is -2.44. The summed E-state index contributed by atoms with van der Waals surface area (Å²) in [5.41, 5.74) is 6.43. The highest BCUT2D eigenvalue weighted by Gasteiger charge is 2.64. The van der Waals surface area contributed by atoms with Crippen molar-refractivity contribution in [2.24, 2.45) is 28.4 Å². The Hall–Kier alpha value is -0.570. The Morgan fingerprint density at radius 3 is 2.00 bits per heavy atom. The van der Waals surface area contributed by atoms with Gasteiger partial charge in [-0.25, -0.2) is 0 Å². The van der Waals surface area contributed by atoms with Gasteiger partial charge in [0.15, 0.2) is 0 Å². The van der Waals surface area contributed by atoms with E-state index in [9.17, 15) is 4.79 Å². The summed E-state index contributed by atoms with van der Waals surface area (Å²) in [4.78, 5) is 11.7. The Morgan fingerprint density at radius 1 is 1.25 bits per heavy atom. The molecule has 1 rings (SSSR count). The molecule has 0 unspecified atom stereocenters. The Balaban J connectivity index is 2.41. The number of carbonyl (C=O) groups is 1. The van der Waals surface area contributed by atoms with Crippen molar-refractivity contribution in [2.45, 2.75) is 47.6 Å². The molecule has 1 atom stereocenters. The molecule has 3 heteroatoms. The molecule has 0 saturated heterocycles. The predicted octanol–water partition coefficient (Wildman–Crippen LogP) is 1.77. The second-order valence-corrected chi connectivity index (χ2v) is 6.51. The minimum absolute atomic E-state index is 0.0199. The predicted molar refractivity (Wildman–Crippen MR) is 66.9 cm³/mol. The van der Waals surface area contributed by atoms with Gasteiger partial charge in [0.25, 0.3) is 0 Å². The van der Waals surface area contributed by atoms with Crippen LogP contribution in [0.4, 0.5) is 0 Å². The second kappa shape index (κ2) is 4.02. The normalized spacial score (nSPS) is 24.2. The zero-order valence-corrected chi connectivity index (χ0v) is 11.4. The molecule has 3 N–H and O–H groups in total. The van der Waals surface area contributed by atoms with Gasteiger partial charge in [0.2, 0.25) is 5.91 Å². The average molecular weight is 226 g/mol. The molecule has 3 nitrogen and oxygen atoms in total. The van der Waals surface area contributed by atoms with E-state index >= 15 is 0 Å². The van der Waals surface area contributed by atoms with Crippen LogP contribution in [0.25, 0.3) is 0 Å². The summed E-state index contributed by atoms with van der Waals surface area (Å²) in [7, 11) is 0. The van der Waals surface area contributed by atoms with Crippen LogP contribution in [0.15, 0.2) is 0 Å². The number of hydrogen-bond acceptors (Lipinski definition) is 2. The van der Waals surface area contributed by atoms with Gasteiger partial charge in [0, 0.05) is 6.54 Å².